The molecule has 0 fully saturated rings. The third-order valence-corrected chi connectivity index (χ3v) is 3.14. The number of aromatic carboxylic acids is 1. The van der Waals surface area contributed by atoms with Gasteiger partial charge in [0.2, 0.25) is 0 Å². The van der Waals surface area contributed by atoms with E-state index in [4.69, 9.17) is 10.8 Å². The van der Waals surface area contributed by atoms with Crippen molar-refractivity contribution in [3.8, 4) is 0 Å². The molecule has 4 N–H and O–H groups in total. The minimum Gasteiger partial charge on any atom is -0.477 e. The summed E-state index contributed by atoms with van der Waals surface area (Å²) in [5, 5.41) is 11.9. The molecular formula is C15H16FN3O2. The SMILES string of the molecule is Cc1cc(F)ccc1CCNc1nc(C(=O)O)ccc1N. The maximum absolute atomic E-state index is 13.0. The van der Waals surface area contributed by atoms with Crippen LogP contribution in [-0.2, 0) is 6.42 Å². The first-order valence-electron chi connectivity index (χ1n) is 6.46. The van der Waals surface area contributed by atoms with E-state index in [0.717, 1.165) is 11.1 Å². The number of hydrogen-bond donors (Lipinski definition) is 3. The molecule has 2 rings (SSSR count). The predicted molar refractivity (Wildman–Crippen MR) is 78.9 cm³/mol. The van der Waals surface area contributed by atoms with Gasteiger partial charge in [-0.1, -0.05) is 6.07 Å². The van der Waals surface area contributed by atoms with Gasteiger partial charge in [0.15, 0.2) is 5.69 Å². The number of benzene rings is 1. The second-order valence-electron chi connectivity index (χ2n) is 4.69. The number of nitrogens with two attached hydrogens (primary N) is 1. The second-order valence-corrected chi connectivity index (χ2v) is 4.69. The zero-order chi connectivity index (χ0) is 15.4. The Kier molecular flexibility index (Phi) is 4.37. The molecular weight excluding hydrogens is 273 g/mol. The molecule has 0 unspecified atom stereocenters. The van der Waals surface area contributed by atoms with Crippen molar-refractivity contribution >= 4 is 17.5 Å². The number of halogens is 1. The highest BCUT2D eigenvalue weighted by Gasteiger charge is 2.08. The molecule has 0 bridgehead atoms. The minimum atomic E-state index is -1.10. The smallest absolute Gasteiger partial charge is 0.354 e. The van der Waals surface area contributed by atoms with Gasteiger partial charge in [0.1, 0.15) is 11.6 Å². The van der Waals surface area contributed by atoms with Crippen molar-refractivity contribution in [2.45, 2.75) is 13.3 Å². The van der Waals surface area contributed by atoms with Crippen LogP contribution >= 0.6 is 0 Å². The topological polar surface area (TPSA) is 88.2 Å². The van der Waals surface area contributed by atoms with Crippen molar-refractivity contribution in [1.82, 2.24) is 4.98 Å². The van der Waals surface area contributed by atoms with Gasteiger partial charge >= 0.3 is 5.97 Å². The fraction of sp³-hybridized carbons (Fsp3) is 0.200. The van der Waals surface area contributed by atoms with Crippen molar-refractivity contribution in [2.24, 2.45) is 0 Å². The molecule has 0 aliphatic rings. The zero-order valence-electron chi connectivity index (χ0n) is 11.6. The monoisotopic (exact) mass is 289 g/mol. The number of pyridine rings is 1. The zero-order valence-corrected chi connectivity index (χ0v) is 11.6. The molecule has 1 aromatic heterocycles. The number of anilines is 2. The molecule has 0 atom stereocenters. The standard InChI is InChI=1S/C15H16FN3O2/c1-9-8-11(16)3-2-10(9)6-7-18-14-12(17)4-5-13(19-14)15(20)21/h2-5,8H,6-7,17H2,1H3,(H,18,19)(H,20,21). The number of carboxylic acids is 1. The van der Waals surface area contributed by atoms with Crippen LogP contribution in [-0.4, -0.2) is 22.6 Å². The fourth-order valence-corrected chi connectivity index (χ4v) is 1.99. The van der Waals surface area contributed by atoms with Crippen molar-refractivity contribution in [3.63, 3.8) is 0 Å². The van der Waals surface area contributed by atoms with Crippen molar-refractivity contribution in [3.05, 3.63) is 53.0 Å². The van der Waals surface area contributed by atoms with Gasteiger partial charge in [-0.3, -0.25) is 0 Å². The van der Waals surface area contributed by atoms with E-state index in [2.05, 4.69) is 10.3 Å². The average Bonchev–Trinajstić information content (AvgIpc) is 2.43. The summed E-state index contributed by atoms with van der Waals surface area (Å²) in [6.45, 7) is 2.36. The molecule has 6 heteroatoms. The minimum absolute atomic E-state index is 0.0651. The highest BCUT2D eigenvalue weighted by atomic mass is 19.1. The van der Waals surface area contributed by atoms with E-state index in [-0.39, 0.29) is 11.5 Å². The van der Waals surface area contributed by atoms with Gasteiger partial charge in [-0.2, -0.15) is 0 Å². The lowest BCUT2D eigenvalue weighted by Gasteiger charge is -2.10. The van der Waals surface area contributed by atoms with Crippen LogP contribution < -0.4 is 11.1 Å². The number of aryl methyl sites for hydroxylation is 1. The van der Waals surface area contributed by atoms with Crippen LogP contribution in [0.1, 0.15) is 21.6 Å². The van der Waals surface area contributed by atoms with Crippen LogP contribution in [0.25, 0.3) is 0 Å². The Bertz CT molecular complexity index is 674. The number of nitrogens with one attached hydrogen (secondary N) is 1. The largest absolute Gasteiger partial charge is 0.477 e. The molecule has 1 aromatic carbocycles. The molecule has 0 saturated heterocycles. The lowest BCUT2D eigenvalue weighted by molar-refractivity contribution is 0.0690. The third kappa shape index (κ3) is 3.68. The quantitative estimate of drug-likeness (QED) is 0.787. The van der Waals surface area contributed by atoms with Gasteiger partial charge in [-0.15, -0.1) is 0 Å². The summed E-state index contributed by atoms with van der Waals surface area (Å²) in [6, 6.07) is 7.48. The molecule has 0 saturated carbocycles. The van der Waals surface area contributed by atoms with E-state index in [1.165, 1.54) is 24.3 Å². The Balaban J connectivity index is 2.03. The molecule has 0 aliphatic carbocycles. The summed E-state index contributed by atoms with van der Waals surface area (Å²) in [7, 11) is 0. The Morgan fingerprint density at radius 2 is 2.14 bits per heavy atom. The first kappa shape index (κ1) is 14.8. The van der Waals surface area contributed by atoms with Gasteiger partial charge in [0.25, 0.3) is 0 Å². The number of nitrogen functional groups attached to an aromatic ring is 1. The lowest BCUT2D eigenvalue weighted by Crippen LogP contribution is -2.11. The van der Waals surface area contributed by atoms with E-state index in [1.807, 2.05) is 6.92 Å². The summed E-state index contributed by atoms with van der Waals surface area (Å²) in [4.78, 5) is 14.8. The van der Waals surface area contributed by atoms with Crippen molar-refractivity contribution in [1.29, 1.82) is 0 Å². The second kappa shape index (κ2) is 6.21. The highest BCUT2D eigenvalue weighted by molar-refractivity contribution is 5.86. The van der Waals surface area contributed by atoms with E-state index >= 15 is 0 Å². The van der Waals surface area contributed by atoms with E-state index < -0.39 is 5.97 Å². The van der Waals surface area contributed by atoms with Crippen molar-refractivity contribution < 1.29 is 14.3 Å². The molecule has 2 aromatic rings. The van der Waals surface area contributed by atoms with Gasteiger partial charge in [-0.05, 0) is 48.7 Å². The summed E-state index contributed by atoms with van der Waals surface area (Å²) in [5.74, 6) is -1.02. The van der Waals surface area contributed by atoms with Gasteiger partial charge in [0, 0.05) is 6.54 Å². The molecule has 21 heavy (non-hydrogen) atoms. The van der Waals surface area contributed by atoms with Crippen LogP contribution in [0, 0.1) is 12.7 Å². The first-order valence-corrected chi connectivity index (χ1v) is 6.46. The number of rotatable bonds is 5. The Hall–Kier alpha value is -2.63. The van der Waals surface area contributed by atoms with Crippen LogP contribution in [0.2, 0.25) is 0 Å². The van der Waals surface area contributed by atoms with E-state index in [0.29, 0.717) is 24.5 Å². The Morgan fingerprint density at radius 1 is 1.38 bits per heavy atom. The van der Waals surface area contributed by atoms with Gasteiger partial charge in [0.05, 0.1) is 5.69 Å². The number of hydrogen-bond acceptors (Lipinski definition) is 4. The van der Waals surface area contributed by atoms with Crippen LogP contribution in [0.3, 0.4) is 0 Å². The highest BCUT2D eigenvalue weighted by Crippen LogP contribution is 2.16. The Labute approximate surface area is 121 Å². The number of nitrogens with zero attached hydrogens (tertiary/aromatic N) is 1. The predicted octanol–water partition coefficient (Wildman–Crippen LogP) is 2.46. The number of carboxylic acid groups (broad SMARTS) is 1. The molecule has 5 nitrogen and oxygen atoms in total. The van der Waals surface area contributed by atoms with Crippen molar-refractivity contribution in [2.75, 3.05) is 17.6 Å². The molecule has 0 spiro atoms. The Morgan fingerprint density at radius 3 is 2.81 bits per heavy atom. The molecule has 0 radical (unpaired) electrons. The average molecular weight is 289 g/mol. The molecule has 0 amide bonds. The molecule has 110 valence electrons. The summed E-state index contributed by atoms with van der Waals surface area (Å²) < 4.78 is 13.0. The fourth-order valence-electron chi connectivity index (χ4n) is 1.99. The van der Waals surface area contributed by atoms with E-state index in [9.17, 15) is 9.18 Å². The molecule has 0 aliphatic heterocycles. The number of carbonyl (C=O) groups is 1. The lowest BCUT2D eigenvalue weighted by atomic mass is 10.1. The summed E-state index contributed by atoms with van der Waals surface area (Å²) in [5.41, 5.74) is 7.95. The number of aromatic nitrogens is 1. The van der Waals surface area contributed by atoms with Crippen LogP contribution in [0.5, 0.6) is 0 Å². The molecule has 1 heterocycles. The third-order valence-electron chi connectivity index (χ3n) is 3.14. The van der Waals surface area contributed by atoms with Crippen LogP contribution in [0.15, 0.2) is 30.3 Å². The van der Waals surface area contributed by atoms with Crippen LogP contribution in [0.4, 0.5) is 15.9 Å². The van der Waals surface area contributed by atoms with E-state index in [1.54, 1.807) is 6.07 Å². The maximum Gasteiger partial charge on any atom is 0.354 e. The summed E-state index contributed by atoms with van der Waals surface area (Å²) in [6.07, 6.45) is 0.657. The van der Waals surface area contributed by atoms with Gasteiger partial charge < -0.3 is 16.2 Å². The van der Waals surface area contributed by atoms with Gasteiger partial charge in [-0.25, -0.2) is 14.2 Å². The first-order chi connectivity index (χ1) is 9.97. The summed E-state index contributed by atoms with van der Waals surface area (Å²) >= 11 is 0. The normalized spacial score (nSPS) is 10.4. The maximum atomic E-state index is 13.0.